The van der Waals surface area contributed by atoms with Gasteiger partial charge in [0.05, 0.1) is 16.7 Å². The van der Waals surface area contributed by atoms with Crippen LogP contribution in [0.25, 0.3) is 66.6 Å². The summed E-state index contributed by atoms with van der Waals surface area (Å²) in [5.41, 5.74) is 8.25. The Morgan fingerprint density at radius 2 is 1.23 bits per heavy atom. The molecular weight excluding hydrogens is 671 g/mol. The van der Waals surface area contributed by atoms with Crippen LogP contribution in [0.4, 0.5) is 0 Å². The first-order chi connectivity index (χ1) is 19.3. The van der Waals surface area contributed by atoms with Crippen LogP contribution in [0.5, 0.6) is 0 Å². The summed E-state index contributed by atoms with van der Waals surface area (Å²) in [6, 6.07) is 45.4. The molecule has 0 saturated heterocycles. The van der Waals surface area contributed by atoms with Crippen molar-refractivity contribution in [3.8, 4) is 22.8 Å². The van der Waals surface area contributed by atoms with E-state index >= 15 is 0 Å². The molecule has 4 aromatic carbocycles. The fourth-order valence-corrected chi connectivity index (χ4v) is 5.81. The van der Waals surface area contributed by atoms with Gasteiger partial charge in [-0.1, -0.05) is 72.4 Å². The van der Waals surface area contributed by atoms with Gasteiger partial charge in [-0.05, 0) is 42.8 Å². The van der Waals surface area contributed by atoms with E-state index in [1.54, 1.807) is 0 Å². The molecule has 0 N–H and O–H groups in total. The fraction of sp³-hybridized carbons (Fsp3) is 0.0286. The number of benzene rings is 4. The predicted octanol–water partition coefficient (Wildman–Crippen LogP) is 8.44. The van der Waals surface area contributed by atoms with Gasteiger partial charge in [0.25, 0.3) is 0 Å². The van der Waals surface area contributed by atoms with Gasteiger partial charge >= 0.3 is 0 Å². The number of rotatable bonds is 3. The average Bonchev–Trinajstić information content (AvgIpc) is 3.49. The van der Waals surface area contributed by atoms with Gasteiger partial charge in [-0.3, -0.25) is 4.57 Å². The van der Waals surface area contributed by atoms with Crippen molar-refractivity contribution in [1.29, 1.82) is 0 Å². The summed E-state index contributed by atoms with van der Waals surface area (Å²) in [7, 11) is 0. The summed E-state index contributed by atoms with van der Waals surface area (Å²) < 4.78 is 4.41. The van der Waals surface area contributed by atoms with Crippen LogP contribution in [-0.2, 0) is 21.1 Å². The average molecular weight is 695 g/mol. The molecule has 0 atom stereocenters. The van der Waals surface area contributed by atoms with E-state index in [0.717, 1.165) is 61.2 Å². The monoisotopic (exact) mass is 694 g/mol. The van der Waals surface area contributed by atoms with Crippen LogP contribution in [-0.4, -0.2) is 19.1 Å². The molecule has 0 aliphatic heterocycles. The molecule has 4 heterocycles. The Morgan fingerprint density at radius 1 is 0.575 bits per heavy atom. The molecule has 8 rings (SSSR count). The van der Waals surface area contributed by atoms with E-state index in [9.17, 15) is 0 Å². The fourth-order valence-electron chi connectivity index (χ4n) is 5.81. The Hall–Kier alpha value is -4.53. The van der Waals surface area contributed by atoms with E-state index in [-0.39, 0.29) is 21.1 Å². The number of nitrogens with zero attached hydrogens (tertiary/aromatic N) is 4. The Kier molecular flexibility index (Phi) is 5.87. The van der Waals surface area contributed by atoms with Crippen LogP contribution in [0.15, 0.2) is 121 Å². The Bertz CT molecular complexity index is 2190. The molecule has 40 heavy (non-hydrogen) atoms. The minimum Gasteiger partial charge on any atom is -0.318 e. The Balaban J connectivity index is 0.00000264. The molecule has 0 spiro atoms. The topological polar surface area (TPSA) is 35.6 Å². The largest absolute Gasteiger partial charge is 0.318 e. The van der Waals surface area contributed by atoms with Crippen molar-refractivity contribution in [3.63, 3.8) is 0 Å². The first-order valence-electron chi connectivity index (χ1n) is 13.1. The van der Waals surface area contributed by atoms with Crippen LogP contribution in [0.3, 0.4) is 0 Å². The van der Waals surface area contributed by atoms with Gasteiger partial charge in [0.2, 0.25) is 0 Å². The molecule has 0 amide bonds. The number of hydrogen-bond acceptors (Lipinski definition) is 2. The zero-order valence-corrected chi connectivity index (χ0v) is 23.9. The molecule has 0 unspecified atom stereocenters. The van der Waals surface area contributed by atoms with Gasteiger partial charge in [0.15, 0.2) is 0 Å². The summed E-state index contributed by atoms with van der Waals surface area (Å²) in [6.45, 7) is 2.13. The number of aryl methyl sites for hydroxylation is 1. The molecule has 0 bridgehead atoms. The summed E-state index contributed by atoms with van der Waals surface area (Å²) in [5, 5.41) is 4.57. The quantitative estimate of drug-likeness (QED) is 0.174. The SMILES string of the molecule is Cc1ccccc1-c1cccc(-n2c3ccccc3c3cc4c5ccccc5n(-c5[c-]cccc5)c4nc32)n1.[Pt]. The molecule has 194 valence electrons. The van der Waals surface area contributed by atoms with Crippen molar-refractivity contribution in [2.24, 2.45) is 0 Å². The third kappa shape index (κ3) is 3.64. The van der Waals surface area contributed by atoms with Gasteiger partial charge in [-0.15, -0.1) is 6.07 Å². The number of pyridine rings is 2. The van der Waals surface area contributed by atoms with E-state index in [2.05, 4.69) is 125 Å². The zero-order chi connectivity index (χ0) is 25.9. The summed E-state index contributed by atoms with van der Waals surface area (Å²) in [4.78, 5) is 10.6. The molecule has 0 fully saturated rings. The summed E-state index contributed by atoms with van der Waals surface area (Å²) >= 11 is 0. The summed E-state index contributed by atoms with van der Waals surface area (Å²) in [6.07, 6.45) is 0. The maximum Gasteiger partial charge on any atom is 0.149 e. The second kappa shape index (κ2) is 9.58. The van der Waals surface area contributed by atoms with Crippen molar-refractivity contribution < 1.29 is 21.1 Å². The van der Waals surface area contributed by atoms with Crippen LogP contribution < -0.4 is 0 Å². The van der Waals surface area contributed by atoms with E-state index in [1.165, 1.54) is 10.9 Å². The summed E-state index contributed by atoms with van der Waals surface area (Å²) in [5.74, 6) is 0.850. The standard InChI is InChI=1S/C35H23N4.Pt/c1-23-12-5-6-15-25(23)30-18-11-21-33(36-30)39-32-20-10-8-17-27(32)29-22-28-26-16-7-9-19-31(26)38(34(28)37-35(29)39)24-13-3-2-4-14-24;/h2-13,15-22H,1H3;/q-1;. The van der Waals surface area contributed by atoms with Crippen LogP contribution in [0.1, 0.15) is 5.56 Å². The minimum absolute atomic E-state index is 0. The first kappa shape index (κ1) is 24.5. The van der Waals surface area contributed by atoms with Crippen molar-refractivity contribution in [1.82, 2.24) is 19.1 Å². The normalized spacial score (nSPS) is 11.4. The maximum atomic E-state index is 5.39. The number of hydrogen-bond donors (Lipinski definition) is 0. The van der Waals surface area contributed by atoms with Crippen molar-refractivity contribution in [3.05, 3.63) is 133 Å². The van der Waals surface area contributed by atoms with Crippen LogP contribution in [0, 0.1) is 13.0 Å². The molecular formula is C35H23N4Pt-. The maximum absolute atomic E-state index is 5.39. The number of aromatic nitrogens is 4. The second-order valence-corrected chi connectivity index (χ2v) is 9.88. The third-order valence-electron chi connectivity index (χ3n) is 7.59. The van der Waals surface area contributed by atoms with E-state index in [4.69, 9.17) is 9.97 Å². The van der Waals surface area contributed by atoms with Crippen LogP contribution in [0.2, 0.25) is 0 Å². The van der Waals surface area contributed by atoms with Gasteiger partial charge in [-0.2, -0.15) is 24.3 Å². The van der Waals surface area contributed by atoms with Crippen molar-refractivity contribution >= 4 is 43.9 Å². The molecule has 0 saturated carbocycles. The predicted molar refractivity (Wildman–Crippen MR) is 160 cm³/mol. The first-order valence-corrected chi connectivity index (χ1v) is 13.1. The third-order valence-corrected chi connectivity index (χ3v) is 7.59. The van der Waals surface area contributed by atoms with Crippen molar-refractivity contribution in [2.75, 3.05) is 0 Å². The smallest absolute Gasteiger partial charge is 0.149 e. The molecule has 0 radical (unpaired) electrons. The zero-order valence-electron chi connectivity index (χ0n) is 21.7. The molecule has 4 nitrogen and oxygen atoms in total. The molecule has 4 aromatic heterocycles. The van der Waals surface area contributed by atoms with E-state index in [1.807, 2.05) is 18.2 Å². The van der Waals surface area contributed by atoms with Gasteiger partial charge < -0.3 is 4.57 Å². The van der Waals surface area contributed by atoms with Gasteiger partial charge in [-0.25, -0.2) is 9.97 Å². The van der Waals surface area contributed by atoms with Gasteiger partial charge in [0, 0.05) is 48.2 Å². The van der Waals surface area contributed by atoms with Crippen LogP contribution >= 0.6 is 0 Å². The number of para-hydroxylation sites is 3. The molecule has 5 heteroatoms. The van der Waals surface area contributed by atoms with Gasteiger partial charge in [0.1, 0.15) is 17.1 Å². The Morgan fingerprint density at radius 3 is 1.95 bits per heavy atom. The minimum atomic E-state index is 0. The van der Waals surface area contributed by atoms with E-state index < -0.39 is 0 Å². The number of fused-ring (bicyclic) bond motifs is 6. The molecule has 8 aromatic rings. The second-order valence-electron chi connectivity index (χ2n) is 9.88. The Labute approximate surface area is 245 Å². The molecule has 0 aliphatic carbocycles. The molecule has 0 aliphatic rings. The van der Waals surface area contributed by atoms with Crippen molar-refractivity contribution in [2.45, 2.75) is 6.92 Å². The van der Waals surface area contributed by atoms with E-state index in [0.29, 0.717) is 0 Å².